The summed E-state index contributed by atoms with van der Waals surface area (Å²) in [5, 5.41) is 0. The molecule has 0 amide bonds. The van der Waals surface area contributed by atoms with Crippen LogP contribution in [0.25, 0.3) is 0 Å². The van der Waals surface area contributed by atoms with Gasteiger partial charge in [-0.25, -0.2) is 0 Å². The largest absolute Gasteiger partial charge is 0.259 e. The van der Waals surface area contributed by atoms with Crippen LogP contribution in [0.5, 0.6) is 0 Å². The Labute approximate surface area is 162 Å². The van der Waals surface area contributed by atoms with Gasteiger partial charge in [0.25, 0.3) is 0 Å². The molecule has 0 fully saturated rings. The van der Waals surface area contributed by atoms with Crippen molar-refractivity contribution in [2.24, 2.45) is 0 Å². The van der Waals surface area contributed by atoms with Crippen LogP contribution in [0.15, 0.2) is 12.1 Å². The van der Waals surface area contributed by atoms with Gasteiger partial charge in [-0.1, -0.05) is 12.1 Å². The summed E-state index contributed by atoms with van der Waals surface area (Å²) in [7, 11) is -1.91. The molecule has 0 atom stereocenters. The average Bonchev–Trinajstić information content (AvgIpc) is 2.55. The van der Waals surface area contributed by atoms with Crippen molar-refractivity contribution >= 4 is 21.6 Å². The molecule has 2 nitrogen and oxygen atoms in total. The molecule has 0 aliphatic carbocycles. The highest BCUT2D eigenvalue weighted by atomic mass is 32.2. The fraction of sp³-hybridized carbons (Fsp3) is 0.455. The first-order chi connectivity index (χ1) is 12.2. The van der Waals surface area contributed by atoms with E-state index in [4.69, 9.17) is 0 Å². The van der Waals surface area contributed by atoms with Gasteiger partial charge in [0.1, 0.15) is 0 Å². The van der Waals surface area contributed by atoms with E-state index >= 15 is 0 Å². The molecule has 1 aliphatic rings. The predicted molar refractivity (Wildman–Crippen MR) is 112 cm³/mol. The topological polar surface area (TPSA) is 34.1 Å². The maximum absolute atomic E-state index is 13.0. The van der Waals surface area contributed by atoms with Crippen LogP contribution < -0.4 is 0 Å². The monoisotopic (exact) mass is 388 g/mol. The van der Waals surface area contributed by atoms with E-state index in [1.807, 2.05) is 0 Å². The Hall–Kier alpha value is -1.26. The first-order valence-corrected chi connectivity index (χ1v) is 12.0. The smallest absolute Gasteiger partial charge is 0.0494 e. The predicted octanol–water partition coefficient (Wildman–Crippen LogP) is 4.75. The molecule has 4 heteroatoms. The third kappa shape index (κ3) is 3.59. The average molecular weight is 389 g/mol. The van der Waals surface area contributed by atoms with Gasteiger partial charge in [0.05, 0.1) is 0 Å². The van der Waals surface area contributed by atoms with Crippen LogP contribution in [-0.2, 0) is 44.6 Å². The van der Waals surface area contributed by atoms with Crippen molar-refractivity contribution in [1.82, 2.24) is 0 Å². The van der Waals surface area contributed by atoms with E-state index in [0.29, 0.717) is 23.0 Å². The molecule has 0 saturated heterocycles. The highest BCUT2D eigenvalue weighted by Gasteiger charge is 2.20. The fourth-order valence-corrected chi connectivity index (χ4v) is 7.45. The number of hydrogen-bond donors (Lipinski definition) is 0. The molecular weight excluding hydrogens is 360 g/mol. The zero-order valence-electron chi connectivity index (χ0n) is 16.6. The second kappa shape index (κ2) is 7.40. The van der Waals surface area contributed by atoms with Gasteiger partial charge in [0.15, 0.2) is 0 Å². The normalized spacial score (nSPS) is 20.4. The van der Waals surface area contributed by atoms with Crippen LogP contribution in [0.4, 0.5) is 0 Å². The summed E-state index contributed by atoms with van der Waals surface area (Å²) in [5.74, 6) is 2.28. The van der Waals surface area contributed by atoms with Gasteiger partial charge in [0.2, 0.25) is 0 Å². The fourth-order valence-electron chi connectivity index (χ4n) is 4.18. The number of fused-ring (bicyclic) bond motifs is 4. The molecule has 140 valence electrons. The van der Waals surface area contributed by atoms with E-state index in [9.17, 15) is 8.42 Å². The lowest BCUT2D eigenvalue weighted by Gasteiger charge is -2.21. The van der Waals surface area contributed by atoms with Crippen LogP contribution in [0, 0.1) is 41.5 Å². The summed E-state index contributed by atoms with van der Waals surface area (Å²) in [5.41, 5.74) is 11.8. The lowest BCUT2D eigenvalue weighted by atomic mass is 9.95. The Bertz CT molecular complexity index is 800. The second-order valence-electron chi connectivity index (χ2n) is 7.64. The Kier molecular flexibility index (Phi) is 5.55. The number of benzene rings is 2. The van der Waals surface area contributed by atoms with Crippen LogP contribution >= 0.6 is 0 Å². The highest BCUT2D eigenvalue weighted by Crippen LogP contribution is 2.30. The van der Waals surface area contributed by atoms with E-state index in [1.54, 1.807) is 0 Å². The zero-order valence-corrected chi connectivity index (χ0v) is 18.2. The van der Waals surface area contributed by atoms with E-state index in [2.05, 4.69) is 53.7 Å². The van der Waals surface area contributed by atoms with E-state index in [1.165, 1.54) is 55.6 Å². The summed E-state index contributed by atoms with van der Waals surface area (Å²) in [6.07, 6.45) is 0. The van der Waals surface area contributed by atoms with Crippen molar-refractivity contribution in [2.45, 2.75) is 64.6 Å². The quantitative estimate of drug-likeness (QED) is 0.653. The Morgan fingerprint density at radius 1 is 0.538 bits per heavy atom. The first kappa shape index (κ1) is 19.5. The van der Waals surface area contributed by atoms with Gasteiger partial charge < -0.3 is 0 Å². The molecule has 3 rings (SSSR count). The zero-order chi connectivity index (χ0) is 19.2. The highest BCUT2D eigenvalue weighted by molar-refractivity contribution is 7.83. The molecule has 0 aromatic heterocycles. The molecule has 0 N–H and O–H groups in total. The number of hydrogen-bond acceptors (Lipinski definition) is 2. The molecule has 1 heterocycles. The van der Waals surface area contributed by atoms with Crippen molar-refractivity contribution in [1.29, 1.82) is 0 Å². The lowest BCUT2D eigenvalue weighted by Crippen LogP contribution is -2.13. The molecule has 0 radical (unpaired) electrons. The molecule has 0 spiro atoms. The van der Waals surface area contributed by atoms with Crippen molar-refractivity contribution in [3.8, 4) is 0 Å². The first-order valence-electron chi connectivity index (χ1n) is 9.06. The van der Waals surface area contributed by atoms with Crippen LogP contribution in [0.1, 0.15) is 55.6 Å². The van der Waals surface area contributed by atoms with E-state index in [0.717, 1.165) is 0 Å². The van der Waals surface area contributed by atoms with Gasteiger partial charge in [-0.05, 0) is 97.2 Å². The molecule has 26 heavy (non-hydrogen) atoms. The van der Waals surface area contributed by atoms with Gasteiger partial charge >= 0.3 is 0 Å². The molecular formula is C22H28O2S2. The summed E-state index contributed by atoms with van der Waals surface area (Å²) in [6, 6.07) is 4.33. The maximum atomic E-state index is 13.0. The van der Waals surface area contributed by atoms with Crippen molar-refractivity contribution in [3.63, 3.8) is 0 Å². The molecule has 4 bridgehead atoms. The SMILES string of the molecule is Cc1cc(C)c2c(C)c1CS(=O)Cc1c(C)cc(C)c(c1C)CS(=O)C2. The van der Waals surface area contributed by atoms with Crippen LogP contribution in [-0.4, -0.2) is 8.42 Å². The van der Waals surface area contributed by atoms with Crippen molar-refractivity contribution in [2.75, 3.05) is 0 Å². The summed E-state index contributed by atoms with van der Waals surface area (Å²) >= 11 is 0. The van der Waals surface area contributed by atoms with Gasteiger partial charge in [-0.2, -0.15) is 0 Å². The van der Waals surface area contributed by atoms with Gasteiger partial charge in [-0.15, -0.1) is 0 Å². The van der Waals surface area contributed by atoms with E-state index < -0.39 is 21.6 Å². The standard InChI is InChI=1S/C22H28O2S2/c1-13-7-14(2)20-10-26(24)12-22-16(4)8-15(3)21(18(22)6)11-25(23)9-19(13)17(20)5/h7-8H,9-12H2,1-6H3. The Morgan fingerprint density at radius 3 is 1.00 bits per heavy atom. The molecule has 2 aromatic rings. The lowest BCUT2D eigenvalue weighted by molar-refractivity contribution is 0.681. The van der Waals surface area contributed by atoms with E-state index in [-0.39, 0.29) is 0 Å². The summed E-state index contributed by atoms with van der Waals surface area (Å²) < 4.78 is 26.0. The van der Waals surface area contributed by atoms with Crippen LogP contribution in [0.3, 0.4) is 0 Å². The molecule has 0 saturated carbocycles. The third-order valence-electron chi connectivity index (χ3n) is 5.80. The van der Waals surface area contributed by atoms with Gasteiger partial charge in [-0.3, -0.25) is 8.42 Å². The second-order valence-corrected chi connectivity index (χ2v) is 10.6. The Morgan fingerprint density at radius 2 is 0.769 bits per heavy atom. The minimum Gasteiger partial charge on any atom is -0.259 e. The Balaban J connectivity index is 2.19. The summed E-state index contributed by atoms with van der Waals surface area (Å²) in [6.45, 7) is 12.6. The maximum Gasteiger partial charge on any atom is 0.0494 e. The minimum atomic E-state index is -0.955. The van der Waals surface area contributed by atoms with Gasteiger partial charge in [0, 0.05) is 44.6 Å². The molecule has 2 aromatic carbocycles. The summed E-state index contributed by atoms with van der Waals surface area (Å²) in [4.78, 5) is 0. The molecule has 0 unspecified atom stereocenters. The number of rotatable bonds is 0. The molecule has 1 aliphatic heterocycles. The third-order valence-corrected chi connectivity index (χ3v) is 8.24. The minimum absolute atomic E-state index is 0.569. The van der Waals surface area contributed by atoms with Crippen molar-refractivity contribution < 1.29 is 8.42 Å². The number of aryl methyl sites for hydroxylation is 4. The van der Waals surface area contributed by atoms with Crippen molar-refractivity contribution in [3.05, 3.63) is 67.8 Å². The van der Waals surface area contributed by atoms with Crippen LogP contribution in [0.2, 0.25) is 0 Å².